The van der Waals surface area contributed by atoms with Gasteiger partial charge in [0.05, 0.1) is 12.2 Å². The Morgan fingerprint density at radius 1 is 1.35 bits per heavy atom. The molecule has 6 heteroatoms. The van der Waals surface area contributed by atoms with E-state index >= 15 is 0 Å². The zero-order chi connectivity index (χ0) is 16.8. The lowest BCUT2D eigenvalue weighted by Gasteiger charge is -2.22. The number of carbonyl (C=O) groups is 1. The Kier molecular flexibility index (Phi) is 5.76. The lowest BCUT2D eigenvalue weighted by Crippen LogP contribution is -2.33. The van der Waals surface area contributed by atoms with Crippen LogP contribution in [0.4, 0.5) is 0 Å². The first kappa shape index (κ1) is 17.0. The minimum atomic E-state index is -0.479. The second kappa shape index (κ2) is 7.78. The molecule has 0 saturated carbocycles. The van der Waals surface area contributed by atoms with Crippen LogP contribution in [0.25, 0.3) is 0 Å². The molecule has 1 heterocycles. The first-order chi connectivity index (χ1) is 11.0. The van der Waals surface area contributed by atoms with Crippen LogP contribution in [0.2, 0.25) is 0 Å². The van der Waals surface area contributed by atoms with Gasteiger partial charge in [-0.1, -0.05) is 12.1 Å². The summed E-state index contributed by atoms with van der Waals surface area (Å²) in [6.45, 7) is 6.98. The number of nitrogens with zero attached hydrogens (tertiary/aromatic N) is 2. The molecule has 6 nitrogen and oxygen atoms in total. The molecule has 0 aliphatic heterocycles. The molecular weight excluding hydrogens is 292 g/mol. The Morgan fingerprint density at radius 3 is 2.61 bits per heavy atom. The normalized spacial score (nSPS) is 13.5. The van der Waals surface area contributed by atoms with Crippen molar-refractivity contribution in [3.8, 4) is 5.75 Å². The van der Waals surface area contributed by atoms with Crippen LogP contribution in [-0.4, -0.2) is 28.3 Å². The van der Waals surface area contributed by atoms with Crippen LogP contribution in [0, 0.1) is 6.92 Å². The summed E-state index contributed by atoms with van der Waals surface area (Å²) in [5.74, 6) is 0.161. The first-order valence-electron chi connectivity index (χ1n) is 7.70. The topological polar surface area (TPSA) is 82.2 Å². The van der Waals surface area contributed by atoms with Gasteiger partial charge in [0.15, 0.2) is 6.61 Å². The highest BCUT2D eigenvalue weighted by atomic mass is 16.5. The van der Waals surface area contributed by atoms with Crippen molar-refractivity contribution in [3.63, 3.8) is 0 Å². The third-order valence-corrected chi connectivity index (χ3v) is 3.80. The zero-order valence-corrected chi connectivity index (χ0v) is 13.8. The van der Waals surface area contributed by atoms with Gasteiger partial charge in [-0.05, 0) is 44.0 Å². The number of carbonyl (C=O) groups excluding carboxylic acids is 1. The van der Waals surface area contributed by atoms with Gasteiger partial charge in [-0.25, -0.2) is 0 Å². The number of aromatic nitrogens is 2. The van der Waals surface area contributed by atoms with E-state index in [0.717, 1.165) is 17.7 Å². The molecule has 124 valence electrons. The Labute approximate surface area is 136 Å². The number of nitrogens with two attached hydrogens (primary N) is 1. The smallest absolute Gasteiger partial charge is 0.255 e. The van der Waals surface area contributed by atoms with E-state index in [2.05, 4.69) is 24.3 Å². The van der Waals surface area contributed by atoms with Crippen molar-refractivity contribution in [2.75, 3.05) is 6.61 Å². The number of aryl methyl sites for hydroxylation is 1. The standard InChI is InChI=1S/C17H24N4O2/c1-12-8-20-21(10-12)14(3)13(2)19-9-15-4-6-16(7-5-15)23-11-17(18)22/h4-8,10,13-14,19H,9,11H2,1-3H3,(H2,18,22)/t13-,14-/m1/s1. The monoisotopic (exact) mass is 316 g/mol. The SMILES string of the molecule is Cc1cnn([C@H](C)[C@@H](C)NCc2ccc(OCC(N)=O)cc2)c1. The van der Waals surface area contributed by atoms with Gasteiger partial charge in [0.2, 0.25) is 0 Å². The third kappa shape index (κ3) is 5.10. The summed E-state index contributed by atoms with van der Waals surface area (Å²) in [7, 11) is 0. The maximum atomic E-state index is 10.7. The lowest BCUT2D eigenvalue weighted by atomic mass is 10.1. The molecule has 0 saturated heterocycles. The maximum absolute atomic E-state index is 10.7. The van der Waals surface area contributed by atoms with Crippen LogP contribution in [0.15, 0.2) is 36.7 Å². The highest BCUT2D eigenvalue weighted by Crippen LogP contribution is 2.14. The predicted molar refractivity (Wildman–Crippen MR) is 89.1 cm³/mol. The number of ether oxygens (including phenoxy) is 1. The fourth-order valence-electron chi connectivity index (χ4n) is 2.19. The van der Waals surface area contributed by atoms with E-state index in [1.165, 1.54) is 0 Å². The van der Waals surface area contributed by atoms with Gasteiger partial charge in [-0.2, -0.15) is 5.10 Å². The molecule has 1 amide bonds. The van der Waals surface area contributed by atoms with Gasteiger partial charge in [0, 0.05) is 18.8 Å². The Bertz CT molecular complexity index is 636. The van der Waals surface area contributed by atoms with E-state index in [-0.39, 0.29) is 18.7 Å². The number of hydrogen-bond acceptors (Lipinski definition) is 4. The van der Waals surface area contributed by atoms with Gasteiger partial charge in [-0.3, -0.25) is 9.48 Å². The maximum Gasteiger partial charge on any atom is 0.255 e. The van der Waals surface area contributed by atoms with Gasteiger partial charge >= 0.3 is 0 Å². The number of hydrogen-bond donors (Lipinski definition) is 2. The third-order valence-electron chi connectivity index (χ3n) is 3.80. The molecule has 1 aromatic heterocycles. The molecule has 23 heavy (non-hydrogen) atoms. The van der Waals surface area contributed by atoms with Gasteiger partial charge in [0.25, 0.3) is 5.91 Å². The average molecular weight is 316 g/mol. The second-order valence-electron chi connectivity index (χ2n) is 5.81. The highest BCUT2D eigenvalue weighted by Gasteiger charge is 2.14. The highest BCUT2D eigenvalue weighted by molar-refractivity contribution is 5.75. The molecule has 0 fully saturated rings. The van der Waals surface area contributed by atoms with Crippen molar-refractivity contribution in [1.82, 2.24) is 15.1 Å². The molecule has 0 spiro atoms. The van der Waals surface area contributed by atoms with Crippen molar-refractivity contribution < 1.29 is 9.53 Å². The Morgan fingerprint density at radius 2 is 2.04 bits per heavy atom. The van der Waals surface area contributed by atoms with E-state index in [1.807, 2.05) is 48.3 Å². The van der Waals surface area contributed by atoms with Gasteiger partial charge < -0.3 is 15.8 Å². The molecule has 0 aliphatic carbocycles. The largest absolute Gasteiger partial charge is 0.484 e. The summed E-state index contributed by atoms with van der Waals surface area (Å²) in [5, 5.41) is 7.86. The van der Waals surface area contributed by atoms with E-state index in [4.69, 9.17) is 10.5 Å². The van der Waals surface area contributed by atoms with Crippen molar-refractivity contribution in [3.05, 3.63) is 47.8 Å². The van der Waals surface area contributed by atoms with Gasteiger partial charge in [0.1, 0.15) is 5.75 Å². The molecule has 0 bridgehead atoms. The average Bonchev–Trinajstić information content (AvgIpc) is 2.97. The van der Waals surface area contributed by atoms with Crippen LogP contribution >= 0.6 is 0 Å². The molecule has 2 aromatic rings. The molecule has 1 aromatic carbocycles. The summed E-state index contributed by atoms with van der Waals surface area (Å²) in [6, 6.07) is 8.16. The first-order valence-corrected chi connectivity index (χ1v) is 7.70. The second-order valence-corrected chi connectivity index (χ2v) is 5.81. The van der Waals surface area contributed by atoms with E-state index < -0.39 is 5.91 Å². The van der Waals surface area contributed by atoms with Crippen LogP contribution < -0.4 is 15.8 Å². The number of primary amides is 1. The number of amides is 1. The van der Waals surface area contributed by atoms with E-state index in [1.54, 1.807) is 0 Å². The summed E-state index contributed by atoms with van der Waals surface area (Å²) >= 11 is 0. The minimum Gasteiger partial charge on any atom is -0.484 e. The molecule has 2 atom stereocenters. The predicted octanol–water partition coefficient (Wildman–Crippen LogP) is 1.79. The number of nitrogens with one attached hydrogen (secondary N) is 1. The Hall–Kier alpha value is -2.34. The van der Waals surface area contributed by atoms with E-state index in [0.29, 0.717) is 5.75 Å². The quantitative estimate of drug-likeness (QED) is 0.778. The molecule has 2 rings (SSSR count). The molecule has 0 aliphatic rings. The molecule has 0 unspecified atom stereocenters. The minimum absolute atomic E-state index is 0.102. The molecule has 0 radical (unpaired) electrons. The van der Waals surface area contributed by atoms with Crippen molar-refractivity contribution in [1.29, 1.82) is 0 Å². The zero-order valence-electron chi connectivity index (χ0n) is 13.8. The van der Waals surface area contributed by atoms with Crippen LogP contribution in [0.5, 0.6) is 5.75 Å². The lowest BCUT2D eigenvalue weighted by molar-refractivity contribution is -0.119. The summed E-state index contributed by atoms with van der Waals surface area (Å²) in [5.41, 5.74) is 7.36. The van der Waals surface area contributed by atoms with Gasteiger partial charge in [-0.15, -0.1) is 0 Å². The fourth-order valence-corrected chi connectivity index (χ4v) is 2.19. The number of rotatable bonds is 8. The van der Waals surface area contributed by atoms with Crippen LogP contribution in [-0.2, 0) is 11.3 Å². The number of benzene rings is 1. The summed E-state index contributed by atoms with van der Waals surface area (Å²) in [4.78, 5) is 10.7. The molecule has 3 N–H and O–H groups in total. The van der Waals surface area contributed by atoms with Crippen molar-refractivity contribution >= 4 is 5.91 Å². The van der Waals surface area contributed by atoms with E-state index in [9.17, 15) is 4.79 Å². The van der Waals surface area contributed by atoms with Crippen molar-refractivity contribution in [2.45, 2.75) is 39.4 Å². The fraction of sp³-hybridized carbons (Fsp3) is 0.412. The molecular formula is C17H24N4O2. The Balaban J connectivity index is 1.84. The summed E-state index contributed by atoms with van der Waals surface area (Å²) < 4.78 is 7.22. The summed E-state index contributed by atoms with van der Waals surface area (Å²) in [6.07, 6.45) is 3.92. The van der Waals surface area contributed by atoms with Crippen LogP contribution in [0.1, 0.15) is 31.0 Å². The van der Waals surface area contributed by atoms with Crippen LogP contribution in [0.3, 0.4) is 0 Å². The van der Waals surface area contributed by atoms with Crippen molar-refractivity contribution in [2.24, 2.45) is 5.73 Å².